The maximum atomic E-state index is 12.6. The lowest BCUT2D eigenvalue weighted by Gasteiger charge is -2.48. The Morgan fingerprint density at radius 1 is 1.08 bits per heavy atom. The molecule has 2 fully saturated rings. The van der Waals surface area contributed by atoms with E-state index in [9.17, 15) is 4.79 Å². The van der Waals surface area contributed by atoms with Crippen molar-refractivity contribution in [2.45, 2.75) is 18.5 Å². The van der Waals surface area contributed by atoms with Crippen LogP contribution in [0.3, 0.4) is 0 Å². The second kappa shape index (κ2) is 7.33. The summed E-state index contributed by atoms with van der Waals surface area (Å²) < 4.78 is 5.86. The predicted octanol–water partition coefficient (Wildman–Crippen LogP) is 1.91. The fourth-order valence-corrected chi connectivity index (χ4v) is 3.82. The minimum absolute atomic E-state index is 0.188. The van der Waals surface area contributed by atoms with Crippen LogP contribution >= 0.6 is 0 Å². The van der Waals surface area contributed by atoms with Crippen LogP contribution in [0.1, 0.15) is 17.2 Å². The number of fused-ring (bicyclic) bond motifs is 1. The highest BCUT2D eigenvalue weighted by molar-refractivity contribution is 5.78. The van der Waals surface area contributed by atoms with Crippen LogP contribution in [0.25, 0.3) is 0 Å². The summed E-state index contributed by atoms with van der Waals surface area (Å²) in [5, 5.41) is 0. The van der Waals surface area contributed by atoms with Crippen molar-refractivity contribution in [2.24, 2.45) is 0 Å². The highest BCUT2D eigenvalue weighted by Crippen LogP contribution is 2.29. The first-order chi connectivity index (χ1) is 12.3. The van der Waals surface area contributed by atoms with E-state index in [1.807, 2.05) is 23.1 Å². The van der Waals surface area contributed by atoms with Gasteiger partial charge in [-0.05, 0) is 23.3 Å². The summed E-state index contributed by atoms with van der Waals surface area (Å²) >= 11 is 0. The molecular formula is C20H23N3O2. The summed E-state index contributed by atoms with van der Waals surface area (Å²) in [5.74, 6) is 0.188. The molecule has 4 rings (SSSR count). The summed E-state index contributed by atoms with van der Waals surface area (Å²) in [7, 11) is 0. The molecule has 0 aliphatic carbocycles. The minimum Gasteiger partial charge on any atom is -0.378 e. The number of amides is 1. The molecule has 5 heteroatoms. The molecule has 2 atom stereocenters. The molecule has 3 heterocycles. The molecule has 1 amide bonds. The Hall–Kier alpha value is -2.24. The van der Waals surface area contributed by atoms with Gasteiger partial charge in [0.15, 0.2) is 0 Å². The van der Waals surface area contributed by atoms with Crippen molar-refractivity contribution in [3.8, 4) is 0 Å². The fraction of sp³-hybridized carbons (Fsp3) is 0.400. The lowest BCUT2D eigenvalue weighted by molar-refractivity contribution is -0.139. The summed E-state index contributed by atoms with van der Waals surface area (Å²) in [4.78, 5) is 21.1. The largest absolute Gasteiger partial charge is 0.378 e. The zero-order valence-electron chi connectivity index (χ0n) is 14.3. The summed E-state index contributed by atoms with van der Waals surface area (Å²) in [6.07, 6.45) is 3.91. The molecule has 2 aliphatic heterocycles. The van der Waals surface area contributed by atoms with Crippen LogP contribution in [0.2, 0.25) is 0 Å². The third kappa shape index (κ3) is 3.57. The Kier molecular flexibility index (Phi) is 4.76. The van der Waals surface area contributed by atoms with E-state index in [2.05, 4.69) is 34.1 Å². The molecule has 2 aromatic rings. The third-order valence-electron chi connectivity index (χ3n) is 5.16. The summed E-state index contributed by atoms with van der Waals surface area (Å²) in [6, 6.07) is 14.9. The molecule has 1 aromatic carbocycles. The third-order valence-corrected chi connectivity index (χ3v) is 5.16. The first-order valence-electron chi connectivity index (χ1n) is 8.86. The van der Waals surface area contributed by atoms with Crippen molar-refractivity contribution in [2.75, 3.05) is 32.8 Å². The molecule has 0 N–H and O–H groups in total. The first-order valence-corrected chi connectivity index (χ1v) is 8.86. The van der Waals surface area contributed by atoms with Crippen molar-refractivity contribution in [3.05, 3.63) is 66.0 Å². The molecule has 130 valence electrons. The number of ether oxygens (including phenoxy) is 1. The van der Waals surface area contributed by atoms with Gasteiger partial charge in [-0.15, -0.1) is 0 Å². The molecule has 2 aliphatic rings. The van der Waals surface area contributed by atoms with Gasteiger partial charge in [0.05, 0.1) is 31.7 Å². The molecule has 5 nitrogen and oxygen atoms in total. The quantitative estimate of drug-likeness (QED) is 0.858. The maximum Gasteiger partial charge on any atom is 0.227 e. The van der Waals surface area contributed by atoms with E-state index in [0.29, 0.717) is 13.0 Å². The van der Waals surface area contributed by atoms with Gasteiger partial charge in [0.25, 0.3) is 0 Å². The van der Waals surface area contributed by atoms with E-state index < -0.39 is 0 Å². The molecule has 0 saturated carbocycles. The number of hydrogen-bond acceptors (Lipinski definition) is 4. The number of pyridine rings is 1. The van der Waals surface area contributed by atoms with Crippen LogP contribution in [0.5, 0.6) is 0 Å². The number of carbonyl (C=O) groups is 1. The van der Waals surface area contributed by atoms with Crippen molar-refractivity contribution >= 4 is 5.91 Å². The van der Waals surface area contributed by atoms with Crippen molar-refractivity contribution in [1.82, 2.24) is 14.8 Å². The Bertz CT molecular complexity index is 707. The van der Waals surface area contributed by atoms with E-state index in [1.165, 1.54) is 5.56 Å². The molecule has 25 heavy (non-hydrogen) atoms. The lowest BCUT2D eigenvalue weighted by atomic mass is 10.00. The van der Waals surface area contributed by atoms with Gasteiger partial charge >= 0.3 is 0 Å². The molecule has 0 bridgehead atoms. The second-order valence-corrected chi connectivity index (χ2v) is 6.73. The first kappa shape index (κ1) is 16.2. The molecule has 0 unspecified atom stereocenters. The van der Waals surface area contributed by atoms with Crippen molar-refractivity contribution < 1.29 is 9.53 Å². The van der Waals surface area contributed by atoms with Gasteiger partial charge in [-0.1, -0.05) is 30.3 Å². The number of carbonyl (C=O) groups excluding carboxylic acids is 1. The number of morpholine rings is 1. The predicted molar refractivity (Wildman–Crippen MR) is 95.0 cm³/mol. The van der Waals surface area contributed by atoms with Crippen molar-refractivity contribution in [1.29, 1.82) is 0 Å². The molecule has 0 radical (unpaired) electrons. The van der Waals surface area contributed by atoms with Gasteiger partial charge < -0.3 is 9.64 Å². The Morgan fingerprint density at radius 3 is 2.68 bits per heavy atom. The normalized spacial score (nSPS) is 23.9. The highest BCUT2D eigenvalue weighted by Gasteiger charge is 2.37. The van der Waals surface area contributed by atoms with Crippen LogP contribution in [0.15, 0.2) is 54.9 Å². The highest BCUT2D eigenvalue weighted by atomic mass is 16.5. The zero-order valence-corrected chi connectivity index (χ0v) is 14.3. The summed E-state index contributed by atoms with van der Waals surface area (Å²) in [6.45, 7) is 3.85. The number of nitrogens with zero attached hydrogens (tertiary/aromatic N) is 3. The van der Waals surface area contributed by atoms with Gasteiger partial charge in [0.2, 0.25) is 5.91 Å². The molecular weight excluding hydrogens is 314 g/mol. The Morgan fingerprint density at radius 2 is 1.88 bits per heavy atom. The van der Waals surface area contributed by atoms with E-state index in [-0.39, 0.29) is 18.0 Å². The van der Waals surface area contributed by atoms with Crippen LogP contribution in [-0.2, 0) is 16.0 Å². The number of aromatic nitrogens is 1. The van der Waals surface area contributed by atoms with Gasteiger partial charge in [0.1, 0.15) is 0 Å². The zero-order chi connectivity index (χ0) is 17.1. The van der Waals surface area contributed by atoms with Crippen LogP contribution in [0.4, 0.5) is 0 Å². The standard InChI is InChI=1S/C20H23N3O2/c24-20(12-16-6-8-21-9-7-16)22-10-11-23-18(13-22)14-25-15-19(23)17-4-2-1-3-5-17/h1-9,18-19H,10-15H2/t18-,19-/m1/s1. The van der Waals surface area contributed by atoms with Gasteiger partial charge in [0, 0.05) is 32.0 Å². The number of benzene rings is 1. The smallest absolute Gasteiger partial charge is 0.227 e. The fourth-order valence-electron chi connectivity index (χ4n) is 3.82. The van der Waals surface area contributed by atoms with Crippen LogP contribution in [0, 0.1) is 0 Å². The van der Waals surface area contributed by atoms with Crippen LogP contribution < -0.4 is 0 Å². The second-order valence-electron chi connectivity index (χ2n) is 6.73. The SMILES string of the molecule is O=C(Cc1ccncc1)N1CCN2[C@@H](COC[C@@H]2c2ccccc2)C1. The van der Waals surface area contributed by atoms with Gasteiger partial charge in [-0.2, -0.15) is 0 Å². The average Bonchev–Trinajstić information content (AvgIpc) is 2.68. The molecule has 1 aromatic heterocycles. The van der Waals surface area contributed by atoms with E-state index in [0.717, 1.165) is 31.8 Å². The maximum absolute atomic E-state index is 12.6. The minimum atomic E-state index is 0.188. The Balaban J connectivity index is 1.42. The lowest BCUT2D eigenvalue weighted by Crippen LogP contribution is -2.60. The average molecular weight is 337 g/mol. The van der Waals surface area contributed by atoms with E-state index in [4.69, 9.17) is 4.74 Å². The topological polar surface area (TPSA) is 45.7 Å². The number of hydrogen-bond donors (Lipinski definition) is 0. The van der Waals surface area contributed by atoms with Crippen LogP contribution in [-0.4, -0.2) is 59.6 Å². The number of piperazine rings is 1. The van der Waals surface area contributed by atoms with Gasteiger partial charge in [-0.25, -0.2) is 0 Å². The molecule has 0 spiro atoms. The van der Waals surface area contributed by atoms with Crippen molar-refractivity contribution in [3.63, 3.8) is 0 Å². The van der Waals surface area contributed by atoms with E-state index in [1.54, 1.807) is 12.4 Å². The number of rotatable bonds is 3. The molecule has 2 saturated heterocycles. The Labute approximate surface area is 148 Å². The monoisotopic (exact) mass is 337 g/mol. The van der Waals surface area contributed by atoms with E-state index >= 15 is 0 Å². The summed E-state index contributed by atoms with van der Waals surface area (Å²) in [5.41, 5.74) is 2.31. The van der Waals surface area contributed by atoms with Gasteiger partial charge in [-0.3, -0.25) is 14.7 Å².